The Morgan fingerprint density at radius 1 is 0.938 bits per heavy atom. The van der Waals surface area contributed by atoms with Gasteiger partial charge >= 0.3 is 0 Å². The van der Waals surface area contributed by atoms with E-state index in [1.54, 1.807) is 0 Å². The quantitative estimate of drug-likeness (QED) is 0.559. The van der Waals surface area contributed by atoms with Crippen LogP contribution in [-0.4, -0.2) is 6.61 Å². The van der Waals surface area contributed by atoms with E-state index in [0.29, 0.717) is 6.10 Å². The highest BCUT2D eigenvalue weighted by Gasteiger charge is 2.26. The van der Waals surface area contributed by atoms with Gasteiger partial charge in [-0.2, -0.15) is 0 Å². The maximum Gasteiger partial charge on any atom is 0.106 e. The van der Waals surface area contributed by atoms with Gasteiger partial charge in [-0.3, -0.25) is 0 Å². The molecule has 0 spiro atoms. The van der Waals surface area contributed by atoms with Crippen molar-refractivity contribution >= 4 is 0 Å². The minimum Gasteiger partial charge on any atom is -0.368 e. The molecule has 2 aromatic carbocycles. The molecule has 1 nitrogen and oxygen atoms in total. The van der Waals surface area contributed by atoms with E-state index in [0.717, 1.165) is 13.0 Å². The predicted octanol–water partition coefficient (Wildman–Crippen LogP) is 3.33. The molecule has 78 valence electrons. The fraction of sp³-hybridized carbons (Fsp3) is 0.200. The predicted molar refractivity (Wildman–Crippen MR) is 63.4 cm³/mol. The molecule has 0 bridgehead atoms. The van der Waals surface area contributed by atoms with Gasteiger partial charge in [-0.25, -0.2) is 0 Å². The second-order valence-corrected chi connectivity index (χ2v) is 4.57. The molecule has 0 radical (unpaired) electrons. The summed E-state index contributed by atoms with van der Waals surface area (Å²) < 4.78 is 5.33. The lowest BCUT2D eigenvalue weighted by atomic mass is 10.0. The Morgan fingerprint density at radius 2 is 1.75 bits per heavy atom. The van der Waals surface area contributed by atoms with Gasteiger partial charge in [-0.1, -0.05) is 42.5 Å². The van der Waals surface area contributed by atoms with Gasteiger partial charge in [0.2, 0.25) is 0 Å². The van der Waals surface area contributed by atoms with Crippen LogP contribution in [0.15, 0.2) is 42.5 Å². The summed E-state index contributed by atoms with van der Waals surface area (Å²) >= 11 is 0. The Balaban J connectivity index is 1.87. The van der Waals surface area contributed by atoms with Gasteiger partial charge in [0, 0.05) is 0 Å². The first kappa shape index (κ1) is 8.54. The van der Waals surface area contributed by atoms with Crippen molar-refractivity contribution in [2.45, 2.75) is 12.5 Å². The SMILES string of the molecule is c1ccc2c(c1)Cc1cc(C3CO3)ccc1-2. The molecular formula is C15H12O. The molecule has 1 atom stereocenters. The lowest BCUT2D eigenvalue weighted by molar-refractivity contribution is 0.415. The van der Waals surface area contributed by atoms with Crippen molar-refractivity contribution in [3.8, 4) is 11.1 Å². The summed E-state index contributed by atoms with van der Waals surface area (Å²) in [5.74, 6) is 0. The lowest BCUT2D eigenvalue weighted by Gasteiger charge is -2.02. The van der Waals surface area contributed by atoms with Gasteiger partial charge < -0.3 is 4.74 Å². The Morgan fingerprint density at radius 3 is 2.62 bits per heavy atom. The van der Waals surface area contributed by atoms with Crippen LogP contribution < -0.4 is 0 Å². The maximum absolute atomic E-state index is 5.33. The fourth-order valence-electron chi connectivity index (χ4n) is 2.61. The van der Waals surface area contributed by atoms with Gasteiger partial charge in [0.25, 0.3) is 0 Å². The first-order valence-electron chi connectivity index (χ1n) is 5.74. The highest BCUT2D eigenvalue weighted by atomic mass is 16.6. The average Bonchev–Trinajstić information content (AvgIpc) is 3.10. The highest BCUT2D eigenvalue weighted by molar-refractivity contribution is 5.77. The smallest absolute Gasteiger partial charge is 0.106 e. The van der Waals surface area contributed by atoms with E-state index in [4.69, 9.17) is 4.74 Å². The molecule has 2 aromatic rings. The summed E-state index contributed by atoms with van der Waals surface area (Å²) in [5, 5.41) is 0. The largest absolute Gasteiger partial charge is 0.368 e. The van der Waals surface area contributed by atoms with Crippen molar-refractivity contribution in [1.82, 2.24) is 0 Å². The second-order valence-electron chi connectivity index (χ2n) is 4.57. The van der Waals surface area contributed by atoms with Crippen LogP contribution in [0.5, 0.6) is 0 Å². The molecule has 1 heteroatoms. The number of fused-ring (bicyclic) bond motifs is 3. The van der Waals surface area contributed by atoms with Crippen molar-refractivity contribution in [2.24, 2.45) is 0 Å². The third-order valence-corrected chi connectivity index (χ3v) is 3.52. The van der Waals surface area contributed by atoms with Crippen molar-refractivity contribution in [1.29, 1.82) is 0 Å². The molecule has 1 aliphatic carbocycles. The zero-order chi connectivity index (χ0) is 10.5. The zero-order valence-electron chi connectivity index (χ0n) is 8.94. The number of rotatable bonds is 1. The van der Waals surface area contributed by atoms with Gasteiger partial charge in [-0.05, 0) is 34.2 Å². The molecular weight excluding hydrogens is 196 g/mol. The van der Waals surface area contributed by atoms with Crippen LogP contribution in [0, 0.1) is 0 Å². The molecule has 0 amide bonds. The standard InChI is InChI=1S/C15H12O/c1-2-4-13-10(3-1)7-12-8-11(15-9-16-15)5-6-14(12)13/h1-6,8,15H,7,9H2. The van der Waals surface area contributed by atoms with Crippen molar-refractivity contribution in [3.05, 3.63) is 59.2 Å². The summed E-state index contributed by atoms with van der Waals surface area (Å²) in [6.07, 6.45) is 1.44. The molecule has 2 aliphatic rings. The van der Waals surface area contributed by atoms with Crippen LogP contribution in [0.25, 0.3) is 11.1 Å². The molecule has 0 N–H and O–H groups in total. The van der Waals surface area contributed by atoms with E-state index >= 15 is 0 Å². The lowest BCUT2D eigenvalue weighted by Crippen LogP contribution is -1.85. The minimum atomic E-state index is 0.369. The first-order valence-corrected chi connectivity index (χ1v) is 5.74. The summed E-state index contributed by atoms with van der Waals surface area (Å²) in [4.78, 5) is 0. The van der Waals surface area contributed by atoms with Gasteiger partial charge in [0.05, 0.1) is 6.61 Å². The van der Waals surface area contributed by atoms with E-state index in [2.05, 4.69) is 42.5 Å². The maximum atomic E-state index is 5.33. The van der Waals surface area contributed by atoms with Gasteiger partial charge in [-0.15, -0.1) is 0 Å². The van der Waals surface area contributed by atoms with Gasteiger partial charge in [0.15, 0.2) is 0 Å². The van der Waals surface area contributed by atoms with Crippen LogP contribution in [0.1, 0.15) is 22.8 Å². The summed E-state index contributed by atoms with van der Waals surface area (Å²) in [6.45, 7) is 0.895. The molecule has 0 saturated carbocycles. The Bertz CT molecular complexity index is 567. The molecule has 1 aliphatic heterocycles. The second kappa shape index (κ2) is 2.96. The Hall–Kier alpha value is -1.60. The molecule has 1 heterocycles. The number of ether oxygens (including phenoxy) is 1. The van der Waals surface area contributed by atoms with Crippen molar-refractivity contribution < 1.29 is 4.74 Å². The fourth-order valence-corrected chi connectivity index (χ4v) is 2.61. The number of hydrogen-bond acceptors (Lipinski definition) is 1. The molecule has 1 fully saturated rings. The van der Waals surface area contributed by atoms with Gasteiger partial charge in [0.1, 0.15) is 6.10 Å². The third-order valence-electron chi connectivity index (χ3n) is 3.52. The summed E-state index contributed by atoms with van der Waals surface area (Å²) in [6, 6.07) is 15.4. The topological polar surface area (TPSA) is 12.5 Å². The number of epoxide rings is 1. The third kappa shape index (κ3) is 1.15. The monoisotopic (exact) mass is 208 g/mol. The molecule has 1 saturated heterocycles. The van der Waals surface area contributed by atoms with Crippen molar-refractivity contribution in [3.63, 3.8) is 0 Å². The summed E-state index contributed by atoms with van der Waals surface area (Å²) in [7, 11) is 0. The van der Waals surface area contributed by atoms with E-state index in [1.165, 1.54) is 27.8 Å². The van der Waals surface area contributed by atoms with E-state index in [9.17, 15) is 0 Å². The van der Waals surface area contributed by atoms with Crippen LogP contribution in [-0.2, 0) is 11.2 Å². The molecule has 4 rings (SSSR count). The highest BCUT2D eigenvalue weighted by Crippen LogP contribution is 2.39. The number of hydrogen-bond donors (Lipinski definition) is 0. The summed E-state index contributed by atoms with van der Waals surface area (Å²) in [5.41, 5.74) is 7.05. The number of benzene rings is 2. The average molecular weight is 208 g/mol. The molecule has 1 unspecified atom stereocenters. The van der Waals surface area contributed by atoms with E-state index in [-0.39, 0.29) is 0 Å². The minimum absolute atomic E-state index is 0.369. The van der Waals surface area contributed by atoms with Crippen LogP contribution in [0.4, 0.5) is 0 Å². The Kier molecular flexibility index (Phi) is 1.58. The van der Waals surface area contributed by atoms with E-state index < -0.39 is 0 Å². The molecule has 16 heavy (non-hydrogen) atoms. The van der Waals surface area contributed by atoms with Crippen LogP contribution in [0.3, 0.4) is 0 Å². The van der Waals surface area contributed by atoms with Crippen LogP contribution in [0.2, 0.25) is 0 Å². The van der Waals surface area contributed by atoms with Crippen molar-refractivity contribution in [2.75, 3.05) is 6.61 Å². The normalized spacial score (nSPS) is 20.4. The molecule has 0 aromatic heterocycles. The van der Waals surface area contributed by atoms with Crippen LogP contribution >= 0.6 is 0 Å². The zero-order valence-corrected chi connectivity index (χ0v) is 8.94. The Labute approximate surface area is 94.7 Å². The van der Waals surface area contributed by atoms with E-state index in [1.807, 2.05) is 0 Å². The first-order chi connectivity index (χ1) is 7.92.